The van der Waals surface area contributed by atoms with Gasteiger partial charge in [-0.15, -0.1) is 0 Å². The van der Waals surface area contributed by atoms with E-state index < -0.39 is 0 Å². The van der Waals surface area contributed by atoms with Crippen molar-refractivity contribution in [1.82, 2.24) is 5.43 Å². The number of nitrogens with one attached hydrogen (secondary N) is 1. The fourth-order valence-electron chi connectivity index (χ4n) is 1.97. The fraction of sp³-hybridized carbons (Fsp3) is 0.176. The number of halogens is 1. The maximum absolute atomic E-state index is 12.1. The van der Waals surface area contributed by atoms with Gasteiger partial charge in [0.1, 0.15) is 11.5 Å². The van der Waals surface area contributed by atoms with Gasteiger partial charge in [0.05, 0.1) is 31.0 Å². The number of hydrogen-bond donors (Lipinski definition) is 1. The van der Waals surface area contributed by atoms with Gasteiger partial charge < -0.3 is 9.47 Å². The predicted molar refractivity (Wildman–Crippen MR) is 90.8 cm³/mol. The number of rotatable bonds is 5. The molecule has 120 valence electrons. The van der Waals surface area contributed by atoms with Crippen molar-refractivity contribution in [2.24, 2.45) is 5.10 Å². The van der Waals surface area contributed by atoms with E-state index in [1.165, 1.54) is 6.21 Å². The highest BCUT2D eigenvalue weighted by atomic mass is 35.5. The van der Waals surface area contributed by atoms with Gasteiger partial charge >= 0.3 is 0 Å². The zero-order chi connectivity index (χ0) is 16.8. The molecule has 0 aliphatic rings. The molecule has 0 radical (unpaired) electrons. The van der Waals surface area contributed by atoms with Gasteiger partial charge in [-0.25, -0.2) is 5.43 Å². The van der Waals surface area contributed by atoms with E-state index in [2.05, 4.69) is 10.5 Å². The Kier molecular flexibility index (Phi) is 5.60. The molecule has 0 saturated carbocycles. The number of amides is 1. The third-order valence-electron chi connectivity index (χ3n) is 3.18. The van der Waals surface area contributed by atoms with Gasteiger partial charge in [0.15, 0.2) is 0 Å². The second-order valence-electron chi connectivity index (χ2n) is 4.79. The Morgan fingerprint density at radius 3 is 2.61 bits per heavy atom. The summed E-state index contributed by atoms with van der Waals surface area (Å²) in [6.45, 7) is 1.90. The summed E-state index contributed by atoms with van der Waals surface area (Å²) in [6.07, 6.45) is 1.49. The summed E-state index contributed by atoms with van der Waals surface area (Å²) >= 11 is 6.06. The van der Waals surface area contributed by atoms with Crippen LogP contribution in [-0.4, -0.2) is 26.3 Å². The topological polar surface area (TPSA) is 59.9 Å². The van der Waals surface area contributed by atoms with E-state index in [1.54, 1.807) is 44.6 Å². The van der Waals surface area contributed by atoms with E-state index in [-0.39, 0.29) is 5.91 Å². The van der Waals surface area contributed by atoms with Crippen LogP contribution in [0.15, 0.2) is 41.5 Å². The molecule has 0 heterocycles. The number of hydrogen-bond acceptors (Lipinski definition) is 4. The molecule has 23 heavy (non-hydrogen) atoms. The molecule has 0 saturated heterocycles. The summed E-state index contributed by atoms with van der Waals surface area (Å²) in [7, 11) is 3.13. The Morgan fingerprint density at radius 2 is 1.96 bits per heavy atom. The quantitative estimate of drug-likeness (QED) is 0.674. The summed E-state index contributed by atoms with van der Waals surface area (Å²) in [5.41, 5.74) is 4.48. The third kappa shape index (κ3) is 4.23. The van der Waals surface area contributed by atoms with Crippen LogP contribution in [0, 0.1) is 6.92 Å². The van der Waals surface area contributed by atoms with Gasteiger partial charge in [0.2, 0.25) is 0 Å². The van der Waals surface area contributed by atoms with E-state index in [4.69, 9.17) is 21.1 Å². The average Bonchev–Trinajstić information content (AvgIpc) is 2.54. The van der Waals surface area contributed by atoms with Gasteiger partial charge in [0, 0.05) is 5.56 Å². The lowest BCUT2D eigenvalue weighted by atomic mass is 10.1. The number of carbonyl (C=O) groups is 1. The summed E-state index contributed by atoms with van der Waals surface area (Å²) in [4.78, 5) is 12.1. The summed E-state index contributed by atoms with van der Waals surface area (Å²) < 4.78 is 10.4. The van der Waals surface area contributed by atoms with Crippen LogP contribution in [0.2, 0.25) is 5.02 Å². The molecule has 6 heteroatoms. The number of carbonyl (C=O) groups excluding carboxylic acids is 1. The Balaban J connectivity index is 2.13. The van der Waals surface area contributed by atoms with Gasteiger partial charge in [-0.1, -0.05) is 17.7 Å². The molecule has 1 N–H and O–H groups in total. The molecular formula is C17H17ClN2O3. The Labute approximate surface area is 139 Å². The number of nitrogens with zero attached hydrogens (tertiary/aromatic N) is 1. The van der Waals surface area contributed by atoms with Crippen LogP contribution in [-0.2, 0) is 0 Å². The molecule has 0 aliphatic carbocycles. The molecule has 0 aromatic heterocycles. The number of ether oxygens (including phenoxy) is 2. The number of benzene rings is 2. The summed E-state index contributed by atoms with van der Waals surface area (Å²) in [6, 6.07) is 10.5. The largest absolute Gasteiger partial charge is 0.497 e. The highest BCUT2D eigenvalue weighted by Gasteiger charge is 2.09. The van der Waals surface area contributed by atoms with Crippen molar-refractivity contribution >= 4 is 23.7 Å². The standard InChI is InChI=1S/C17H17ClN2O3/c1-11-4-6-14(15(18)8-11)17(21)20-19-10-12-9-13(22-2)5-7-16(12)23-3/h4-10H,1-3H3,(H,20,21). The van der Waals surface area contributed by atoms with Gasteiger partial charge in [-0.05, 0) is 42.8 Å². The van der Waals surface area contributed by atoms with Gasteiger partial charge in [0.25, 0.3) is 5.91 Å². The van der Waals surface area contributed by atoms with Crippen LogP contribution in [0.5, 0.6) is 11.5 Å². The van der Waals surface area contributed by atoms with Crippen LogP contribution in [0.3, 0.4) is 0 Å². The normalized spacial score (nSPS) is 10.6. The second-order valence-corrected chi connectivity index (χ2v) is 5.20. The summed E-state index contributed by atoms with van der Waals surface area (Å²) in [5, 5.41) is 4.33. The van der Waals surface area contributed by atoms with Crippen molar-refractivity contribution < 1.29 is 14.3 Å². The van der Waals surface area contributed by atoms with Crippen molar-refractivity contribution in [2.45, 2.75) is 6.92 Å². The molecule has 0 aliphatic heterocycles. The highest BCUT2D eigenvalue weighted by molar-refractivity contribution is 6.33. The first-order valence-electron chi connectivity index (χ1n) is 6.86. The number of methoxy groups -OCH3 is 2. The monoisotopic (exact) mass is 332 g/mol. The van der Waals surface area contributed by atoms with E-state index in [0.717, 1.165) is 5.56 Å². The highest BCUT2D eigenvalue weighted by Crippen LogP contribution is 2.22. The molecule has 0 unspecified atom stereocenters. The van der Waals surface area contributed by atoms with E-state index in [1.807, 2.05) is 13.0 Å². The molecule has 0 bridgehead atoms. The van der Waals surface area contributed by atoms with Crippen molar-refractivity contribution in [3.63, 3.8) is 0 Å². The van der Waals surface area contributed by atoms with Crippen LogP contribution in [0.1, 0.15) is 21.5 Å². The van der Waals surface area contributed by atoms with Gasteiger partial charge in [-0.3, -0.25) is 4.79 Å². The first kappa shape index (κ1) is 16.8. The molecule has 5 nitrogen and oxygen atoms in total. The Morgan fingerprint density at radius 1 is 1.17 bits per heavy atom. The van der Waals surface area contributed by atoms with E-state index >= 15 is 0 Å². The van der Waals surface area contributed by atoms with E-state index in [9.17, 15) is 4.79 Å². The predicted octanol–water partition coefficient (Wildman–Crippen LogP) is 3.43. The number of hydrazone groups is 1. The lowest BCUT2D eigenvalue weighted by molar-refractivity contribution is 0.0955. The molecule has 2 rings (SSSR count). The molecule has 0 atom stereocenters. The smallest absolute Gasteiger partial charge is 0.272 e. The summed E-state index contributed by atoms with van der Waals surface area (Å²) in [5.74, 6) is 0.908. The SMILES string of the molecule is COc1ccc(OC)c(C=NNC(=O)c2ccc(C)cc2Cl)c1. The zero-order valence-corrected chi connectivity index (χ0v) is 13.8. The van der Waals surface area contributed by atoms with Crippen LogP contribution < -0.4 is 14.9 Å². The number of aryl methyl sites for hydroxylation is 1. The minimum Gasteiger partial charge on any atom is -0.497 e. The Bertz CT molecular complexity index is 745. The van der Waals surface area contributed by atoms with Crippen molar-refractivity contribution in [3.8, 4) is 11.5 Å². The Hall–Kier alpha value is -2.53. The molecule has 2 aromatic carbocycles. The maximum Gasteiger partial charge on any atom is 0.272 e. The molecule has 0 spiro atoms. The van der Waals surface area contributed by atoms with Crippen molar-refractivity contribution in [3.05, 3.63) is 58.1 Å². The first-order chi connectivity index (χ1) is 11.0. The fourth-order valence-corrected chi connectivity index (χ4v) is 2.29. The van der Waals surface area contributed by atoms with Crippen molar-refractivity contribution in [1.29, 1.82) is 0 Å². The van der Waals surface area contributed by atoms with Crippen LogP contribution in [0.4, 0.5) is 0 Å². The maximum atomic E-state index is 12.1. The minimum atomic E-state index is -0.381. The molecule has 1 amide bonds. The minimum absolute atomic E-state index is 0.368. The van der Waals surface area contributed by atoms with Crippen LogP contribution in [0.25, 0.3) is 0 Å². The molecule has 2 aromatic rings. The van der Waals surface area contributed by atoms with Crippen molar-refractivity contribution in [2.75, 3.05) is 14.2 Å². The first-order valence-corrected chi connectivity index (χ1v) is 7.24. The lowest BCUT2D eigenvalue weighted by Gasteiger charge is -2.07. The van der Waals surface area contributed by atoms with Gasteiger partial charge in [-0.2, -0.15) is 5.10 Å². The zero-order valence-electron chi connectivity index (χ0n) is 13.1. The molecular weight excluding hydrogens is 316 g/mol. The molecule has 0 fully saturated rings. The van der Waals surface area contributed by atoms with Crippen LogP contribution >= 0.6 is 11.6 Å². The van der Waals surface area contributed by atoms with E-state index in [0.29, 0.717) is 27.6 Å². The third-order valence-corrected chi connectivity index (χ3v) is 3.49. The average molecular weight is 333 g/mol. The lowest BCUT2D eigenvalue weighted by Crippen LogP contribution is -2.18. The second kappa shape index (κ2) is 7.65.